The van der Waals surface area contributed by atoms with E-state index < -0.39 is 12.5 Å². The quantitative estimate of drug-likeness (QED) is 0.661. The first kappa shape index (κ1) is 20.7. The first-order valence-electron chi connectivity index (χ1n) is 9.42. The van der Waals surface area contributed by atoms with Crippen LogP contribution in [0.25, 0.3) is 0 Å². The number of rotatable bonds is 6. The maximum atomic E-state index is 12.9. The van der Waals surface area contributed by atoms with E-state index in [9.17, 15) is 13.6 Å². The van der Waals surface area contributed by atoms with Gasteiger partial charge in [-0.25, -0.2) is 8.78 Å². The van der Waals surface area contributed by atoms with Crippen molar-refractivity contribution >= 4 is 11.6 Å². The van der Waals surface area contributed by atoms with Crippen LogP contribution in [0.3, 0.4) is 0 Å². The molecule has 0 spiro atoms. The highest BCUT2D eigenvalue weighted by Gasteiger charge is 2.23. The topological polar surface area (TPSA) is 64.7 Å². The predicted molar refractivity (Wildman–Crippen MR) is 107 cm³/mol. The molecule has 3 aromatic rings. The Kier molecular flexibility index (Phi) is 5.81. The maximum Gasteiger partial charge on any atom is 0.282 e. The van der Waals surface area contributed by atoms with E-state index in [0.29, 0.717) is 23.6 Å². The minimum Gasteiger partial charge on any atom is -0.321 e. The van der Waals surface area contributed by atoms with Crippen molar-refractivity contribution in [3.05, 3.63) is 64.2 Å². The molecule has 1 unspecified atom stereocenters. The number of amides is 1. The Morgan fingerprint density at radius 2 is 1.83 bits per heavy atom. The Hall–Kier alpha value is -3.03. The number of hydrogen-bond acceptors (Lipinski definition) is 3. The van der Waals surface area contributed by atoms with Crippen LogP contribution in [0, 0.1) is 27.7 Å². The van der Waals surface area contributed by atoms with Crippen LogP contribution in [0.15, 0.2) is 30.3 Å². The van der Waals surface area contributed by atoms with Crippen molar-refractivity contribution in [3.63, 3.8) is 0 Å². The molecule has 6 nitrogen and oxygen atoms in total. The van der Waals surface area contributed by atoms with Gasteiger partial charge in [0.25, 0.3) is 6.43 Å². The highest BCUT2D eigenvalue weighted by Crippen LogP contribution is 2.24. The number of benzene rings is 1. The highest BCUT2D eigenvalue weighted by molar-refractivity contribution is 5.94. The molecule has 0 aliphatic heterocycles. The fraction of sp³-hybridized carbons (Fsp3) is 0.381. The van der Waals surface area contributed by atoms with Crippen molar-refractivity contribution in [2.45, 2.75) is 53.6 Å². The van der Waals surface area contributed by atoms with Crippen LogP contribution in [-0.2, 0) is 11.3 Å². The van der Waals surface area contributed by atoms with Crippen LogP contribution in [-0.4, -0.2) is 25.5 Å². The summed E-state index contributed by atoms with van der Waals surface area (Å²) in [4.78, 5) is 12.8. The van der Waals surface area contributed by atoms with Crippen LogP contribution in [0.4, 0.5) is 14.5 Å². The molecule has 8 heteroatoms. The number of alkyl halides is 2. The van der Waals surface area contributed by atoms with E-state index in [0.717, 1.165) is 11.3 Å². The molecule has 0 bridgehead atoms. The molecule has 2 aromatic heterocycles. The number of halogens is 2. The second-order valence-electron chi connectivity index (χ2n) is 7.25. The molecular formula is C21H25F2N5O. The van der Waals surface area contributed by atoms with Gasteiger partial charge in [-0.05, 0) is 51.8 Å². The first-order chi connectivity index (χ1) is 13.7. The highest BCUT2D eigenvalue weighted by atomic mass is 19.3. The number of nitrogens with zero attached hydrogens (tertiary/aromatic N) is 4. The molecule has 0 fully saturated rings. The number of carbonyl (C=O) groups excluding carboxylic acids is 1. The molecule has 1 atom stereocenters. The van der Waals surface area contributed by atoms with Gasteiger partial charge < -0.3 is 5.32 Å². The zero-order chi connectivity index (χ0) is 21.3. The molecule has 1 N–H and O–H groups in total. The van der Waals surface area contributed by atoms with E-state index in [2.05, 4.69) is 15.5 Å². The lowest BCUT2D eigenvalue weighted by Crippen LogP contribution is -2.25. The molecule has 1 aromatic carbocycles. The third-order valence-corrected chi connectivity index (χ3v) is 5.12. The number of aromatic nitrogens is 4. The van der Waals surface area contributed by atoms with Crippen molar-refractivity contribution in [3.8, 4) is 0 Å². The molecule has 0 saturated heterocycles. The number of nitrogens with one attached hydrogen (secondary N) is 1. The maximum absolute atomic E-state index is 12.9. The standard InChI is InChI=1S/C21H25F2N5O/c1-12-8-6-7-9-17(12)11-27-15(4)19(14(3)25-27)24-21(29)16(5)28-13(2)10-18(26-28)20(22)23/h6-10,16,20H,11H2,1-5H3,(H,24,29). The Labute approximate surface area is 168 Å². The Balaban J connectivity index is 1.80. The normalized spacial score (nSPS) is 12.4. The smallest absolute Gasteiger partial charge is 0.282 e. The van der Waals surface area contributed by atoms with Crippen molar-refractivity contribution in [2.24, 2.45) is 0 Å². The molecule has 0 radical (unpaired) electrons. The summed E-state index contributed by atoms with van der Waals surface area (Å²) >= 11 is 0. The number of hydrogen-bond donors (Lipinski definition) is 1. The molecule has 29 heavy (non-hydrogen) atoms. The SMILES string of the molecule is Cc1ccccc1Cn1nc(C)c(NC(=O)C(C)n2nc(C(F)F)cc2C)c1C. The minimum atomic E-state index is -2.67. The summed E-state index contributed by atoms with van der Waals surface area (Å²) in [5.41, 5.74) is 4.65. The van der Waals surface area contributed by atoms with Gasteiger partial charge in [-0.2, -0.15) is 10.2 Å². The average molecular weight is 401 g/mol. The van der Waals surface area contributed by atoms with Crippen molar-refractivity contribution in [2.75, 3.05) is 5.32 Å². The summed E-state index contributed by atoms with van der Waals surface area (Å²) in [5, 5.41) is 11.3. The number of carbonyl (C=O) groups is 1. The lowest BCUT2D eigenvalue weighted by Gasteiger charge is -2.15. The van der Waals surface area contributed by atoms with Crippen LogP contribution >= 0.6 is 0 Å². The average Bonchev–Trinajstić information content (AvgIpc) is 3.18. The second-order valence-corrected chi connectivity index (χ2v) is 7.25. The molecule has 0 saturated carbocycles. The summed E-state index contributed by atoms with van der Waals surface area (Å²) in [6, 6.07) is 8.63. The summed E-state index contributed by atoms with van der Waals surface area (Å²) in [5.74, 6) is -0.335. The molecule has 0 aliphatic rings. The predicted octanol–water partition coefficient (Wildman–Crippen LogP) is 4.50. The Morgan fingerprint density at radius 1 is 1.14 bits per heavy atom. The summed E-state index contributed by atoms with van der Waals surface area (Å²) in [6.07, 6.45) is -2.67. The van der Waals surface area contributed by atoms with Gasteiger partial charge in [0.05, 0.1) is 23.6 Å². The van der Waals surface area contributed by atoms with Gasteiger partial charge in [-0.15, -0.1) is 0 Å². The van der Waals surface area contributed by atoms with Gasteiger partial charge in [0.1, 0.15) is 11.7 Å². The van der Waals surface area contributed by atoms with Gasteiger partial charge in [0, 0.05) is 5.69 Å². The first-order valence-corrected chi connectivity index (χ1v) is 9.42. The monoisotopic (exact) mass is 401 g/mol. The van der Waals surface area contributed by atoms with E-state index in [-0.39, 0.29) is 11.6 Å². The van der Waals surface area contributed by atoms with E-state index in [1.807, 2.05) is 49.7 Å². The third kappa shape index (κ3) is 4.21. The molecule has 3 rings (SSSR count). The number of aryl methyl sites for hydroxylation is 3. The van der Waals surface area contributed by atoms with E-state index >= 15 is 0 Å². The minimum absolute atomic E-state index is 0.333. The Morgan fingerprint density at radius 3 is 2.45 bits per heavy atom. The summed E-state index contributed by atoms with van der Waals surface area (Å²) < 4.78 is 29.0. The van der Waals surface area contributed by atoms with Crippen molar-refractivity contribution in [1.29, 1.82) is 0 Å². The summed E-state index contributed by atoms with van der Waals surface area (Å²) in [7, 11) is 0. The van der Waals surface area contributed by atoms with Gasteiger partial charge in [-0.3, -0.25) is 14.2 Å². The fourth-order valence-electron chi connectivity index (χ4n) is 3.33. The Bertz CT molecular complexity index is 1040. The van der Waals surface area contributed by atoms with Crippen LogP contribution in [0.5, 0.6) is 0 Å². The molecule has 0 aliphatic carbocycles. The van der Waals surface area contributed by atoms with E-state index in [1.165, 1.54) is 16.3 Å². The van der Waals surface area contributed by atoms with Crippen LogP contribution in [0.2, 0.25) is 0 Å². The van der Waals surface area contributed by atoms with Crippen LogP contribution < -0.4 is 5.32 Å². The van der Waals surface area contributed by atoms with Gasteiger partial charge in [0.15, 0.2) is 0 Å². The largest absolute Gasteiger partial charge is 0.321 e. The van der Waals surface area contributed by atoms with Gasteiger partial charge in [0.2, 0.25) is 5.91 Å². The summed E-state index contributed by atoms with van der Waals surface area (Å²) in [6.45, 7) is 9.65. The van der Waals surface area contributed by atoms with Gasteiger partial charge >= 0.3 is 0 Å². The molecule has 2 heterocycles. The van der Waals surface area contributed by atoms with Crippen molar-refractivity contribution in [1.82, 2.24) is 19.6 Å². The molecular weight excluding hydrogens is 376 g/mol. The fourth-order valence-corrected chi connectivity index (χ4v) is 3.33. The van der Waals surface area contributed by atoms with E-state index in [1.54, 1.807) is 13.8 Å². The third-order valence-electron chi connectivity index (χ3n) is 5.12. The van der Waals surface area contributed by atoms with Gasteiger partial charge in [-0.1, -0.05) is 24.3 Å². The second kappa shape index (κ2) is 8.14. The van der Waals surface area contributed by atoms with Crippen LogP contribution in [0.1, 0.15) is 53.3 Å². The zero-order valence-electron chi connectivity index (χ0n) is 17.2. The van der Waals surface area contributed by atoms with E-state index in [4.69, 9.17) is 0 Å². The number of anilines is 1. The zero-order valence-corrected chi connectivity index (χ0v) is 17.2. The molecule has 1 amide bonds. The van der Waals surface area contributed by atoms with Crippen molar-refractivity contribution < 1.29 is 13.6 Å². The lowest BCUT2D eigenvalue weighted by molar-refractivity contribution is -0.119. The lowest BCUT2D eigenvalue weighted by atomic mass is 10.1. The molecule has 154 valence electrons.